The molecule has 1 saturated heterocycles. The lowest BCUT2D eigenvalue weighted by Gasteiger charge is -2.34. The molecular weight excluding hydrogens is 200 g/mol. The number of hydrogen-bond acceptors (Lipinski definition) is 3. The van der Waals surface area contributed by atoms with Crippen molar-refractivity contribution in [3.8, 4) is 5.75 Å². The highest BCUT2D eigenvalue weighted by Crippen LogP contribution is 2.44. The lowest BCUT2D eigenvalue weighted by Crippen LogP contribution is -2.41. The molecule has 0 saturated carbocycles. The van der Waals surface area contributed by atoms with Crippen LogP contribution in [0.3, 0.4) is 0 Å². The fraction of sp³-hybridized carbons (Fsp3) is 0.538. The molecule has 1 aromatic carbocycles. The average Bonchev–Trinajstić information content (AvgIpc) is 2.69. The molecule has 3 rings (SSSR count). The molecule has 0 atom stereocenters. The molecule has 3 heteroatoms. The van der Waals surface area contributed by atoms with Gasteiger partial charge in [0.25, 0.3) is 0 Å². The SMILES string of the molecule is COc1ccc2c(c1)C1(CCNCC1)CN2. The minimum atomic E-state index is 0.342. The summed E-state index contributed by atoms with van der Waals surface area (Å²) in [6.07, 6.45) is 2.44. The average molecular weight is 218 g/mol. The first-order valence-corrected chi connectivity index (χ1v) is 5.97. The Morgan fingerprint density at radius 1 is 1.25 bits per heavy atom. The van der Waals surface area contributed by atoms with Gasteiger partial charge < -0.3 is 15.4 Å². The molecule has 0 aliphatic carbocycles. The van der Waals surface area contributed by atoms with Crippen LogP contribution in [0, 0.1) is 0 Å². The third-order valence-corrected chi connectivity index (χ3v) is 3.98. The number of piperidine rings is 1. The predicted molar refractivity (Wildman–Crippen MR) is 65.3 cm³/mol. The van der Waals surface area contributed by atoms with E-state index in [0.29, 0.717) is 5.41 Å². The smallest absolute Gasteiger partial charge is 0.119 e. The van der Waals surface area contributed by atoms with E-state index in [1.54, 1.807) is 7.11 Å². The third kappa shape index (κ3) is 1.39. The Bertz CT molecular complexity index is 391. The van der Waals surface area contributed by atoms with E-state index in [9.17, 15) is 0 Å². The number of fused-ring (bicyclic) bond motifs is 2. The van der Waals surface area contributed by atoms with Crippen LogP contribution in [0.2, 0.25) is 0 Å². The zero-order valence-electron chi connectivity index (χ0n) is 9.68. The van der Waals surface area contributed by atoms with Crippen molar-refractivity contribution >= 4 is 5.69 Å². The number of hydrogen-bond donors (Lipinski definition) is 2. The Morgan fingerprint density at radius 3 is 2.81 bits per heavy atom. The Balaban J connectivity index is 2.02. The Morgan fingerprint density at radius 2 is 2.06 bits per heavy atom. The lowest BCUT2D eigenvalue weighted by molar-refractivity contribution is 0.333. The first kappa shape index (κ1) is 9.97. The maximum atomic E-state index is 5.33. The maximum Gasteiger partial charge on any atom is 0.119 e. The fourth-order valence-electron chi connectivity index (χ4n) is 2.95. The van der Waals surface area contributed by atoms with Crippen LogP contribution < -0.4 is 15.4 Å². The van der Waals surface area contributed by atoms with E-state index < -0.39 is 0 Å². The van der Waals surface area contributed by atoms with Crippen LogP contribution in [-0.2, 0) is 5.41 Å². The van der Waals surface area contributed by atoms with Crippen molar-refractivity contribution in [2.24, 2.45) is 0 Å². The third-order valence-electron chi connectivity index (χ3n) is 3.98. The van der Waals surface area contributed by atoms with Crippen LogP contribution in [0.4, 0.5) is 5.69 Å². The number of benzene rings is 1. The van der Waals surface area contributed by atoms with Gasteiger partial charge in [-0.15, -0.1) is 0 Å². The first-order valence-electron chi connectivity index (χ1n) is 5.97. The number of ether oxygens (including phenoxy) is 1. The molecule has 2 aliphatic rings. The molecule has 2 aliphatic heterocycles. The summed E-state index contributed by atoms with van der Waals surface area (Å²) in [7, 11) is 1.74. The molecule has 0 aromatic heterocycles. The summed E-state index contributed by atoms with van der Waals surface area (Å²) in [6.45, 7) is 3.33. The van der Waals surface area contributed by atoms with Gasteiger partial charge in [0.1, 0.15) is 5.75 Å². The summed E-state index contributed by atoms with van der Waals surface area (Å²) in [4.78, 5) is 0. The number of anilines is 1. The highest BCUT2D eigenvalue weighted by Gasteiger charge is 2.39. The molecule has 1 aromatic rings. The van der Waals surface area contributed by atoms with Crippen LogP contribution >= 0.6 is 0 Å². The summed E-state index contributed by atoms with van der Waals surface area (Å²) in [6, 6.07) is 6.39. The van der Waals surface area contributed by atoms with Crippen molar-refractivity contribution in [1.82, 2.24) is 5.32 Å². The van der Waals surface area contributed by atoms with Gasteiger partial charge in [0.15, 0.2) is 0 Å². The summed E-state index contributed by atoms with van der Waals surface area (Å²) in [5.41, 5.74) is 3.09. The van der Waals surface area contributed by atoms with E-state index in [1.807, 2.05) is 6.07 Å². The number of rotatable bonds is 1. The highest BCUT2D eigenvalue weighted by atomic mass is 16.5. The standard InChI is InChI=1S/C13H18N2O/c1-16-10-2-3-12-11(8-10)13(9-15-12)4-6-14-7-5-13/h2-3,8,14-15H,4-7,9H2,1H3. The predicted octanol–water partition coefficient (Wildman–Crippen LogP) is 1.74. The Labute approximate surface area is 96.2 Å². The molecule has 0 bridgehead atoms. The Hall–Kier alpha value is -1.22. The first-order chi connectivity index (χ1) is 7.84. The fourth-order valence-corrected chi connectivity index (χ4v) is 2.95. The molecule has 1 fully saturated rings. The molecule has 3 nitrogen and oxygen atoms in total. The highest BCUT2D eigenvalue weighted by molar-refractivity contribution is 5.62. The molecule has 0 amide bonds. The van der Waals surface area contributed by atoms with Gasteiger partial charge >= 0.3 is 0 Å². The Kier molecular flexibility index (Phi) is 2.28. The van der Waals surface area contributed by atoms with Gasteiger partial charge in [-0.3, -0.25) is 0 Å². The van der Waals surface area contributed by atoms with Crippen molar-refractivity contribution in [3.05, 3.63) is 23.8 Å². The van der Waals surface area contributed by atoms with Crippen LogP contribution in [0.15, 0.2) is 18.2 Å². The van der Waals surface area contributed by atoms with E-state index in [2.05, 4.69) is 22.8 Å². The second-order valence-corrected chi connectivity index (χ2v) is 4.80. The van der Waals surface area contributed by atoms with Crippen molar-refractivity contribution in [2.45, 2.75) is 18.3 Å². The largest absolute Gasteiger partial charge is 0.497 e. The molecule has 16 heavy (non-hydrogen) atoms. The topological polar surface area (TPSA) is 33.3 Å². The van der Waals surface area contributed by atoms with E-state index in [1.165, 1.54) is 24.1 Å². The second-order valence-electron chi connectivity index (χ2n) is 4.80. The van der Waals surface area contributed by atoms with Gasteiger partial charge in [-0.25, -0.2) is 0 Å². The molecule has 2 N–H and O–H groups in total. The van der Waals surface area contributed by atoms with Crippen molar-refractivity contribution in [3.63, 3.8) is 0 Å². The van der Waals surface area contributed by atoms with Gasteiger partial charge in [0.2, 0.25) is 0 Å². The lowest BCUT2D eigenvalue weighted by atomic mass is 9.75. The zero-order valence-corrected chi connectivity index (χ0v) is 9.68. The quantitative estimate of drug-likeness (QED) is 0.753. The molecule has 2 heterocycles. The molecule has 1 spiro atoms. The van der Waals surface area contributed by atoms with Crippen molar-refractivity contribution in [2.75, 3.05) is 32.1 Å². The summed E-state index contributed by atoms with van der Waals surface area (Å²) in [5, 5.41) is 6.96. The molecular formula is C13H18N2O. The summed E-state index contributed by atoms with van der Waals surface area (Å²) in [5.74, 6) is 0.973. The van der Waals surface area contributed by atoms with Crippen molar-refractivity contribution < 1.29 is 4.74 Å². The van der Waals surface area contributed by atoms with E-state index in [4.69, 9.17) is 4.74 Å². The molecule has 0 unspecified atom stereocenters. The summed E-state index contributed by atoms with van der Waals surface area (Å²) < 4.78 is 5.33. The van der Waals surface area contributed by atoms with Gasteiger partial charge in [0, 0.05) is 17.6 Å². The second kappa shape index (κ2) is 3.67. The number of methoxy groups -OCH3 is 1. The monoisotopic (exact) mass is 218 g/mol. The van der Waals surface area contributed by atoms with Gasteiger partial charge in [-0.2, -0.15) is 0 Å². The van der Waals surface area contributed by atoms with E-state index in [-0.39, 0.29) is 0 Å². The minimum Gasteiger partial charge on any atom is -0.497 e. The van der Waals surface area contributed by atoms with Crippen LogP contribution in [0.25, 0.3) is 0 Å². The van der Waals surface area contributed by atoms with E-state index in [0.717, 1.165) is 25.4 Å². The summed E-state index contributed by atoms with van der Waals surface area (Å²) >= 11 is 0. The van der Waals surface area contributed by atoms with Gasteiger partial charge in [-0.05, 0) is 49.7 Å². The van der Waals surface area contributed by atoms with Gasteiger partial charge in [-0.1, -0.05) is 0 Å². The molecule has 0 radical (unpaired) electrons. The maximum absolute atomic E-state index is 5.33. The van der Waals surface area contributed by atoms with E-state index >= 15 is 0 Å². The minimum absolute atomic E-state index is 0.342. The molecule has 86 valence electrons. The number of nitrogens with one attached hydrogen (secondary N) is 2. The van der Waals surface area contributed by atoms with Gasteiger partial charge in [0.05, 0.1) is 7.11 Å². The van der Waals surface area contributed by atoms with Crippen molar-refractivity contribution in [1.29, 1.82) is 0 Å². The van der Waals surface area contributed by atoms with Crippen LogP contribution in [0.1, 0.15) is 18.4 Å². The zero-order chi connectivity index (χ0) is 11.0. The van der Waals surface area contributed by atoms with Crippen LogP contribution in [0.5, 0.6) is 5.75 Å². The normalized spacial score (nSPS) is 21.6. The van der Waals surface area contributed by atoms with Crippen LogP contribution in [-0.4, -0.2) is 26.7 Å².